The number of nitrogens with zero attached hydrogens (tertiary/aromatic N) is 2. The zero-order valence-corrected chi connectivity index (χ0v) is 14.1. The highest BCUT2D eigenvalue weighted by Gasteiger charge is 2.37. The van der Waals surface area contributed by atoms with Gasteiger partial charge < -0.3 is 16.0 Å². The number of aryl methyl sites for hydroxylation is 1. The maximum atomic E-state index is 13.1. The minimum Gasteiger partial charge on any atom is -0.361 e. The van der Waals surface area contributed by atoms with E-state index in [9.17, 15) is 4.39 Å². The molecule has 6 heteroatoms. The van der Waals surface area contributed by atoms with E-state index in [4.69, 9.17) is 16.0 Å². The number of hydrogen-bond acceptors (Lipinski definition) is 5. The molecule has 4 rings (SSSR count). The summed E-state index contributed by atoms with van der Waals surface area (Å²) < 4.78 is 18.5. The third-order valence-corrected chi connectivity index (χ3v) is 4.86. The van der Waals surface area contributed by atoms with Crippen LogP contribution in [0.15, 0.2) is 64.1 Å². The van der Waals surface area contributed by atoms with Gasteiger partial charge >= 0.3 is 0 Å². The normalized spacial score (nSPS) is 21.6. The van der Waals surface area contributed by atoms with Gasteiger partial charge in [-0.05, 0) is 42.3 Å². The van der Waals surface area contributed by atoms with Crippen LogP contribution in [0.2, 0.25) is 0 Å². The molecule has 0 spiro atoms. The van der Waals surface area contributed by atoms with Crippen molar-refractivity contribution >= 4 is 11.9 Å². The Kier molecular flexibility index (Phi) is 4.14. The lowest BCUT2D eigenvalue weighted by atomic mass is 9.78. The van der Waals surface area contributed by atoms with E-state index in [1.807, 2.05) is 30.3 Å². The van der Waals surface area contributed by atoms with E-state index in [1.165, 1.54) is 12.1 Å². The smallest absolute Gasteiger partial charge is 0.137 e. The first kappa shape index (κ1) is 16.6. The van der Waals surface area contributed by atoms with Crippen LogP contribution >= 0.6 is 0 Å². The maximum Gasteiger partial charge on any atom is 0.137 e. The quantitative estimate of drug-likeness (QED) is 0.755. The van der Waals surface area contributed by atoms with E-state index in [1.54, 1.807) is 18.3 Å². The Hall–Kier alpha value is -2.83. The standard InChI is InChI=1S/C20H19FN4O/c21-14-7-5-13(6-8-14)18-11-15(26-25-18)9-10-20(23)16-3-1-2-4-17(16)24-12-19(20)22/h1-8,11-12,19H,9-10,22-23H2. The highest BCUT2D eigenvalue weighted by atomic mass is 19.1. The van der Waals surface area contributed by atoms with Gasteiger partial charge in [0.15, 0.2) is 0 Å². The van der Waals surface area contributed by atoms with Crippen LogP contribution in [0.4, 0.5) is 10.1 Å². The van der Waals surface area contributed by atoms with Crippen LogP contribution in [0.3, 0.4) is 0 Å². The molecular formula is C20H19FN4O. The Labute approximate surface area is 150 Å². The zero-order chi connectivity index (χ0) is 18.1. The molecule has 0 aliphatic carbocycles. The molecule has 3 aromatic rings. The number of nitrogens with two attached hydrogens (primary N) is 2. The van der Waals surface area contributed by atoms with Gasteiger partial charge in [0.2, 0.25) is 0 Å². The van der Waals surface area contributed by atoms with Gasteiger partial charge in [0.05, 0.1) is 17.3 Å². The first-order valence-corrected chi connectivity index (χ1v) is 8.46. The minimum atomic E-state index is -0.721. The van der Waals surface area contributed by atoms with Gasteiger partial charge in [-0.25, -0.2) is 4.39 Å². The summed E-state index contributed by atoms with van der Waals surface area (Å²) >= 11 is 0. The lowest BCUT2D eigenvalue weighted by molar-refractivity contribution is 0.338. The van der Waals surface area contributed by atoms with Crippen molar-refractivity contribution in [3.8, 4) is 11.3 Å². The molecule has 2 aromatic carbocycles. The van der Waals surface area contributed by atoms with Crippen molar-refractivity contribution in [3.05, 3.63) is 71.7 Å². The highest BCUT2D eigenvalue weighted by Crippen LogP contribution is 2.36. The van der Waals surface area contributed by atoms with E-state index in [2.05, 4.69) is 10.1 Å². The van der Waals surface area contributed by atoms with Gasteiger partial charge in [-0.3, -0.25) is 4.99 Å². The molecule has 26 heavy (non-hydrogen) atoms. The monoisotopic (exact) mass is 350 g/mol. The first-order valence-electron chi connectivity index (χ1n) is 8.46. The average Bonchev–Trinajstić information content (AvgIpc) is 3.13. The molecule has 0 radical (unpaired) electrons. The van der Waals surface area contributed by atoms with Crippen molar-refractivity contribution < 1.29 is 8.91 Å². The maximum absolute atomic E-state index is 13.1. The van der Waals surface area contributed by atoms with Gasteiger partial charge in [-0.2, -0.15) is 0 Å². The Morgan fingerprint density at radius 1 is 1.12 bits per heavy atom. The van der Waals surface area contributed by atoms with Crippen molar-refractivity contribution in [3.63, 3.8) is 0 Å². The summed E-state index contributed by atoms with van der Waals surface area (Å²) in [5.74, 6) is 0.426. The van der Waals surface area contributed by atoms with Crippen molar-refractivity contribution in [2.45, 2.75) is 24.4 Å². The van der Waals surface area contributed by atoms with Crippen LogP contribution < -0.4 is 11.5 Å². The van der Waals surface area contributed by atoms with Gasteiger partial charge in [0, 0.05) is 24.3 Å². The topological polar surface area (TPSA) is 90.4 Å². The highest BCUT2D eigenvalue weighted by molar-refractivity contribution is 5.76. The van der Waals surface area contributed by atoms with E-state index in [0.717, 1.165) is 16.8 Å². The Morgan fingerprint density at radius 2 is 1.88 bits per heavy atom. The molecule has 0 amide bonds. The van der Waals surface area contributed by atoms with Crippen LogP contribution in [0.25, 0.3) is 11.3 Å². The van der Waals surface area contributed by atoms with Crippen LogP contribution in [0.1, 0.15) is 17.7 Å². The summed E-state index contributed by atoms with van der Waals surface area (Å²) in [7, 11) is 0. The Morgan fingerprint density at radius 3 is 2.69 bits per heavy atom. The van der Waals surface area contributed by atoms with Crippen LogP contribution in [-0.2, 0) is 12.0 Å². The molecule has 2 atom stereocenters. The number of hydrogen-bond donors (Lipinski definition) is 2. The van der Waals surface area contributed by atoms with E-state index in [-0.39, 0.29) is 11.9 Å². The summed E-state index contributed by atoms with van der Waals surface area (Å²) in [4.78, 5) is 4.38. The van der Waals surface area contributed by atoms with Crippen molar-refractivity contribution in [1.29, 1.82) is 0 Å². The molecule has 2 heterocycles. The predicted molar refractivity (Wildman–Crippen MR) is 98.7 cm³/mol. The van der Waals surface area contributed by atoms with Gasteiger partial charge in [0.1, 0.15) is 17.3 Å². The van der Waals surface area contributed by atoms with Crippen LogP contribution in [-0.4, -0.2) is 17.4 Å². The average molecular weight is 350 g/mol. The third kappa shape index (κ3) is 2.94. The summed E-state index contributed by atoms with van der Waals surface area (Å²) in [5.41, 5.74) is 15.5. The van der Waals surface area contributed by atoms with E-state index < -0.39 is 5.54 Å². The molecule has 0 bridgehead atoms. The Balaban J connectivity index is 1.54. The summed E-state index contributed by atoms with van der Waals surface area (Å²) in [6.45, 7) is 0. The predicted octanol–water partition coefficient (Wildman–Crippen LogP) is 3.31. The first-order chi connectivity index (χ1) is 12.6. The SMILES string of the molecule is NC1C=Nc2ccccc2C1(N)CCc1cc(-c2ccc(F)cc2)no1. The number of fused-ring (bicyclic) bond motifs is 1. The molecule has 1 aliphatic heterocycles. The van der Waals surface area contributed by atoms with Crippen molar-refractivity contribution in [1.82, 2.24) is 5.16 Å². The number of aromatic nitrogens is 1. The molecule has 4 N–H and O–H groups in total. The van der Waals surface area contributed by atoms with Crippen molar-refractivity contribution in [2.75, 3.05) is 0 Å². The molecule has 132 valence electrons. The fraction of sp³-hybridized carbons (Fsp3) is 0.200. The molecule has 0 saturated carbocycles. The van der Waals surface area contributed by atoms with Crippen molar-refractivity contribution in [2.24, 2.45) is 16.5 Å². The third-order valence-electron chi connectivity index (χ3n) is 4.86. The molecule has 1 aliphatic rings. The second kappa shape index (κ2) is 6.48. The van der Waals surface area contributed by atoms with Gasteiger partial charge in [-0.1, -0.05) is 23.4 Å². The number of halogens is 1. The number of benzene rings is 2. The summed E-state index contributed by atoms with van der Waals surface area (Å²) in [5, 5.41) is 4.07. The molecule has 0 fully saturated rings. The zero-order valence-electron chi connectivity index (χ0n) is 14.1. The van der Waals surface area contributed by atoms with Gasteiger partial charge in [-0.15, -0.1) is 0 Å². The largest absolute Gasteiger partial charge is 0.361 e. The molecule has 5 nitrogen and oxygen atoms in total. The number of aliphatic imine (C=N–C) groups is 1. The number of para-hydroxylation sites is 1. The van der Waals surface area contributed by atoms with Crippen LogP contribution in [0.5, 0.6) is 0 Å². The lowest BCUT2D eigenvalue weighted by Gasteiger charge is -2.37. The molecule has 1 aromatic heterocycles. The second-order valence-electron chi connectivity index (χ2n) is 6.55. The molecule has 2 unspecified atom stereocenters. The van der Waals surface area contributed by atoms with Crippen LogP contribution in [0, 0.1) is 5.82 Å². The molecular weight excluding hydrogens is 331 g/mol. The summed E-state index contributed by atoms with van der Waals surface area (Å²) in [6, 6.07) is 15.4. The fourth-order valence-corrected chi connectivity index (χ4v) is 3.27. The minimum absolute atomic E-state index is 0.283. The second-order valence-corrected chi connectivity index (χ2v) is 6.55. The summed E-state index contributed by atoms with van der Waals surface area (Å²) in [6.07, 6.45) is 2.88. The Bertz CT molecular complexity index is 950. The fourth-order valence-electron chi connectivity index (χ4n) is 3.27. The lowest BCUT2D eigenvalue weighted by Crippen LogP contribution is -2.55. The molecule has 0 saturated heterocycles. The van der Waals surface area contributed by atoms with E-state index in [0.29, 0.717) is 24.3 Å². The van der Waals surface area contributed by atoms with E-state index >= 15 is 0 Å². The number of rotatable bonds is 4. The van der Waals surface area contributed by atoms with Gasteiger partial charge in [0.25, 0.3) is 0 Å².